The third-order valence-corrected chi connectivity index (χ3v) is 23.8. The van der Waals surface area contributed by atoms with Crippen LogP contribution in [0.4, 0.5) is 0 Å². The predicted octanol–water partition coefficient (Wildman–Crippen LogP) is 28.2. The van der Waals surface area contributed by atoms with Gasteiger partial charge in [0, 0.05) is 75.7 Å². The molecule has 0 fully saturated rings. The molecule has 536 valence electrons. The number of para-hydroxylation sites is 7. The van der Waals surface area contributed by atoms with Gasteiger partial charge in [-0.05, 0) is 181 Å². The SMILES string of the molecule is Clc1ccc2c3c4ccccc4ccc3n(-c3nc4ccccc4nc3-c3cccc4oc5ccccc5c34)c2c1.c1ccc2c(c1)Cc1cc3ccccc3cc1-2.c1ccc2cc3c(cc2c1)c1ccccc1n3-c1ccc2c3c4ccccc4ccc3n(-c3nc4ccccc4nc3-c3cccc4oc5ccccc5c34)c2c1. The van der Waals surface area contributed by atoms with Gasteiger partial charge >= 0.3 is 0 Å². The van der Waals surface area contributed by atoms with E-state index in [1.165, 1.54) is 97.9 Å². The van der Waals surface area contributed by atoms with Gasteiger partial charge in [0.05, 0.1) is 55.2 Å². The van der Waals surface area contributed by atoms with E-state index in [4.69, 9.17) is 40.4 Å². The zero-order chi connectivity index (χ0) is 75.5. The van der Waals surface area contributed by atoms with E-state index >= 15 is 0 Å². The highest BCUT2D eigenvalue weighted by molar-refractivity contribution is 6.32. The van der Waals surface area contributed by atoms with Crippen molar-refractivity contribution in [2.75, 3.05) is 0 Å². The lowest BCUT2D eigenvalue weighted by Gasteiger charge is -2.15. The average molecular weight is 1490 g/mol. The van der Waals surface area contributed by atoms with Crippen molar-refractivity contribution < 1.29 is 8.83 Å². The Morgan fingerprint density at radius 3 is 1.26 bits per heavy atom. The van der Waals surface area contributed by atoms with Crippen molar-refractivity contribution in [3.05, 3.63) is 380 Å². The fourth-order valence-corrected chi connectivity index (χ4v) is 18.7. The summed E-state index contributed by atoms with van der Waals surface area (Å²) in [7, 11) is 0. The van der Waals surface area contributed by atoms with Gasteiger partial charge in [0.25, 0.3) is 0 Å². The van der Waals surface area contributed by atoms with Crippen LogP contribution >= 0.6 is 11.6 Å². The second-order valence-electron chi connectivity index (χ2n) is 30.0. The van der Waals surface area contributed by atoms with E-state index in [9.17, 15) is 0 Å². The molecule has 0 spiro atoms. The molecule has 10 heteroatoms. The summed E-state index contributed by atoms with van der Waals surface area (Å²) >= 11 is 6.64. The van der Waals surface area contributed by atoms with Crippen molar-refractivity contribution in [3.63, 3.8) is 0 Å². The average Bonchev–Trinajstić information content (AvgIpc) is 1.57. The smallest absolute Gasteiger partial charge is 0.165 e. The van der Waals surface area contributed by atoms with Crippen LogP contribution in [0, 0.1) is 0 Å². The summed E-state index contributed by atoms with van der Waals surface area (Å²) in [4.78, 5) is 21.6. The first kappa shape index (κ1) is 64.8. The Morgan fingerprint density at radius 1 is 0.235 bits per heavy atom. The van der Waals surface area contributed by atoms with Gasteiger partial charge in [0.2, 0.25) is 0 Å². The first-order chi connectivity index (χ1) is 56.9. The highest BCUT2D eigenvalue weighted by Gasteiger charge is 2.28. The van der Waals surface area contributed by atoms with E-state index in [0.29, 0.717) is 5.02 Å². The Kier molecular flexibility index (Phi) is 14.4. The molecule has 0 saturated heterocycles. The third kappa shape index (κ3) is 10.1. The molecule has 26 rings (SSSR count). The number of nitrogens with zero attached hydrogens (tertiary/aromatic N) is 7. The van der Waals surface area contributed by atoms with Crippen LogP contribution < -0.4 is 0 Å². The molecule has 0 saturated carbocycles. The summed E-state index contributed by atoms with van der Waals surface area (Å²) in [6.07, 6.45) is 1.08. The molecule has 7 heterocycles. The van der Waals surface area contributed by atoms with Crippen LogP contribution in [-0.4, -0.2) is 33.6 Å². The van der Waals surface area contributed by atoms with E-state index in [1.807, 2.05) is 103 Å². The van der Waals surface area contributed by atoms with Gasteiger partial charge in [-0.3, -0.25) is 9.13 Å². The number of hydrogen-bond acceptors (Lipinski definition) is 6. The highest BCUT2D eigenvalue weighted by Crippen LogP contribution is 2.48. The number of hydrogen-bond donors (Lipinski definition) is 0. The summed E-state index contributed by atoms with van der Waals surface area (Å²) in [6.45, 7) is 0. The monoisotopic (exact) mass is 1490 g/mol. The number of benzene rings is 18. The molecule has 115 heavy (non-hydrogen) atoms. The van der Waals surface area contributed by atoms with E-state index in [-0.39, 0.29) is 0 Å². The molecule has 1 aliphatic carbocycles. The van der Waals surface area contributed by atoms with Crippen LogP contribution in [0.2, 0.25) is 5.02 Å². The molecule has 25 aromatic rings. The first-order valence-corrected chi connectivity index (χ1v) is 39.3. The largest absolute Gasteiger partial charge is 0.456 e. The molecule has 18 aromatic carbocycles. The second-order valence-corrected chi connectivity index (χ2v) is 30.4. The molecular formula is C105H62ClN7O2. The minimum Gasteiger partial charge on any atom is -0.456 e. The molecule has 0 bridgehead atoms. The van der Waals surface area contributed by atoms with Gasteiger partial charge in [-0.2, -0.15) is 0 Å². The van der Waals surface area contributed by atoms with E-state index in [0.717, 1.165) is 145 Å². The Balaban J connectivity index is 0.000000113. The predicted molar refractivity (Wildman–Crippen MR) is 477 cm³/mol. The lowest BCUT2D eigenvalue weighted by Crippen LogP contribution is -2.04. The van der Waals surface area contributed by atoms with Crippen molar-refractivity contribution in [1.82, 2.24) is 33.6 Å². The molecule has 0 aliphatic heterocycles. The third-order valence-electron chi connectivity index (χ3n) is 23.6. The molecule has 1 aliphatic rings. The standard InChI is InChI=1S/C52H30N4O.C36H20ClN3O.C17H12/c1-2-14-33-29-45-40(28-32(33)13-1)36-16-5-9-21-43(36)55(45)34-25-26-37-46(30-34)56(44-27-24-31-12-3-4-15-35(31)49(37)44)52-51(53-41-19-7-8-20-42(41)54-52)39-18-11-23-48-50(39)38-17-6-10-22-47(38)57-48;37-22-17-18-24-30(20-22)40(29-19-16-21-8-1-2-9-23(21)33(24)29)36-35(38-27-12-4-5-13-28(27)39-36)26-11-7-15-32-34(26)25-10-3-6-14-31(25)41-32;1-2-6-13-11-17-15(9-12(13)5-1)10-14-7-3-4-8-16(14)17/h1-30H;1-20H;1-9,11H,10H2. The number of furan rings is 2. The fraction of sp³-hybridized carbons (Fsp3) is 0.00952. The summed E-state index contributed by atoms with van der Waals surface area (Å²) in [5.41, 5.74) is 23.5. The molecule has 9 nitrogen and oxygen atoms in total. The number of rotatable bonds is 5. The molecule has 0 radical (unpaired) electrons. The van der Waals surface area contributed by atoms with E-state index in [1.54, 1.807) is 0 Å². The minimum absolute atomic E-state index is 0.670. The van der Waals surface area contributed by atoms with Crippen LogP contribution in [0.25, 0.3) is 225 Å². The van der Waals surface area contributed by atoms with Gasteiger partial charge < -0.3 is 13.4 Å². The van der Waals surface area contributed by atoms with Crippen molar-refractivity contribution in [2.24, 2.45) is 0 Å². The summed E-state index contributed by atoms with van der Waals surface area (Å²) in [5.74, 6) is 1.52. The van der Waals surface area contributed by atoms with Crippen LogP contribution in [-0.2, 0) is 6.42 Å². The molecule has 0 unspecified atom stereocenters. The summed E-state index contributed by atoms with van der Waals surface area (Å²) in [5, 5.41) is 21.8. The number of aromatic nitrogens is 7. The Labute approximate surface area is 661 Å². The number of fused-ring (bicyclic) bond motifs is 26. The Morgan fingerprint density at radius 2 is 0.670 bits per heavy atom. The zero-order valence-electron chi connectivity index (χ0n) is 61.7. The van der Waals surface area contributed by atoms with E-state index < -0.39 is 0 Å². The second kappa shape index (κ2) is 25.5. The van der Waals surface area contributed by atoms with Crippen LogP contribution in [0.5, 0.6) is 0 Å². The maximum absolute atomic E-state index is 6.64. The molecule has 0 amide bonds. The topological polar surface area (TPSA) is 92.6 Å². The molecular weight excluding hydrogens is 1430 g/mol. The molecule has 7 aromatic heterocycles. The van der Waals surface area contributed by atoms with Gasteiger partial charge in [-0.25, -0.2) is 19.9 Å². The molecule has 0 N–H and O–H groups in total. The van der Waals surface area contributed by atoms with Crippen molar-refractivity contribution in [1.29, 1.82) is 0 Å². The van der Waals surface area contributed by atoms with Crippen LogP contribution in [0.1, 0.15) is 11.1 Å². The van der Waals surface area contributed by atoms with Gasteiger partial charge in [0.1, 0.15) is 33.7 Å². The van der Waals surface area contributed by atoms with E-state index in [2.05, 4.69) is 275 Å². The van der Waals surface area contributed by atoms with Crippen molar-refractivity contribution >= 4 is 186 Å². The van der Waals surface area contributed by atoms with Crippen molar-refractivity contribution in [2.45, 2.75) is 6.42 Å². The summed E-state index contributed by atoms with van der Waals surface area (Å²) in [6, 6.07) is 128. The Bertz CT molecular complexity index is 8450. The fourth-order valence-electron chi connectivity index (χ4n) is 18.5. The quantitative estimate of drug-likeness (QED) is 0.170. The summed E-state index contributed by atoms with van der Waals surface area (Å²) < 4.78 is 19.7. The maximum atomic E-state index is 6.64. The van der Waals surface area contributed by atoms with Gasteiger partial charge in [0.15, 0.2) is 11.6 Å². The number of halogens is 1. The van der Waals surface area contributed by atoms with Crippen LogP contribution in [0.15, 0.2) is 373 Å². The normalized spacial score (nSPS) is 12.2. The highest BCUT2D eigenvalue weighted by atomic mass is 35.5. The van der Waals surface area contributed by atoms with Crippen LogP contribution in [0.3, 0.4) is 0 Å². The maximum Gasteiger partial charge on any atom is 0.165 e. The van der Waals surface area contributed by atoms with Crippen molar-refractivity contribution in [3.8, 4) is 51.0 Å². The first-order valence-electron chi connectivity index (χ1n) is 38.9. The lowest BCUT2D eigenvalue weighted by atomic mass is 10.0. The molecule has 0 atom stereocenters. The van der Waals surface area contributed by atoms with Gasteiger partial charge in [-0.15, -0.1) is 0 Å². The zero-order valence-corrected chi connectivity index (χ0v) is 62.4. The lowest BCUT2D eigenvalue weighted by molar-refractivity contribution is 0.668. The minimum atomic E-state index is 0.670. The Hall–Kier alpha value is -15.0. The van der Waals surface area contributed by atoms with Gasteiger partial charge in [-0.1, -0.05) is 266 Å².